The van der Waals surface area contributed by atoms with Crippen LogP contribution in [0.4, 0.5) is 0 Å². The molecule has 4 atom stereocenters. The molecule has 0 aromatic heterocycles. The summed E-state index contributed by atoms with van der Waals surface area (Å²) in [4.78, 5) is 38.8. The van der Waals surface area contributed by atoms with Crippen molar-refractivity contribution in [3.8, 4) is 0 Å². The first-order valence-electron chi connectivity index (χ1n) is 5.89. The van der Waals surface area contributed by atoms with E-state index >= 15 is 0 Å². The summed E-state index contributed by atoms with van der Waals surface area (Å²) in [6, 6.07) is 0. The zero-order valence-corrected chi connectivity index (χ0v) is 12.4. The van der Waals surface area contributed by atoms with Gasteiger partial charge in [-0.1, -0.05) is 0 Å². The van der Waals surface area contributed by atoms with E-state index in [-0.39, 0.29) is 0 Å². The summed E-state index contributed by atoms with van der Waals surface area (Å²) in [5, 5.41) is 33.4. The van der Waals surface area contributed by atoms with Gasteiger partial charge in [0, 0.05) is 0 Å². The molecule has 8 nitrogen and oxygen atoms in total. The number of hydrogen-bond acceptors (Lipinski definition) is 9. The van der Waals surface area contributed by atoms with Gasteiger partial charge in [0.1, 0.15) is 0 Å². The SMILES string of the molecule is CC(=O)[C@]1(O)[C@@](O)(C(C)=O)CO[C@@H](N=C=S)[C@@]1(O)C(C)=O. The number of Topliss-reactive ketones (excluding diaryl/α,β-unsaturated/α-hetero) is 3. The van der Waals surface area contributed by atoms with E-state index in [1.165, 1.54) is 0 Å². The van der Waals surface area contributed by atoms with Gasteiger partial charge in [0.05, 0.1) is 11.8 Å². The molecule has 0 saturated carbocycles. The number of carbonyl (C=O) groups is 3. The number of isothiocyanates is 1. The molecule has 1 rings (SSSR count). The lowest BCUT2D eigenvalue weighted by Crippen LogP contribution is -2.83. The van der Waals surface area contributed by atoms with E-state index in [4.69, 9.17) is 4.74 Å². The minimum Gasteiger partial charge on any atom is -0.376 e. The average Bonchev–Trinajstić information content (AvgIpc) is 2.38. The van der Waals surface area contributed by atoms with Crippen molar-refractivity contribution < 1.29 is 34.4 Å². The molecule has 1 aliphatic heterocycles. The number of ketones is 3. The van der Waals surface area contributed by atoms with E-state index < -0.39 is 47.0 Å². The Hall–Kier alpha value is -1.35. The van der Waals surface area contributed by atoms with Gasteiger partial charge in [-0.2, -0.15) is 4.99 Å². The van der Waals surface area contributed by atoms with Crippen LogP contribution in [-0.4, -0.2) is 67.5 Å². The summed E-state index contributed by atoms with van der Waals surface area (Å²) in [7, 11) is 0. The van der Waals surface area contributed by atoms with Gasteiger partial charge in [-0.05, 0) is 33.0 Å². The lowest BCUT2D eigenvalue weighted by molar-refractivity contribution is -0.293. The minimum atomic E-state index is -3.13. The second-order valence-electron chi connectivity index (χ2n) is 4.89. The van der Waals surface area contributed by atoms with Crippen LogP contribution in [0.1, 0.15) is 20.8 Å². The van der Waals surface area contributed by atoms with Gasteiger partial charge < -0.3 is 20.1 Å². The Labute approximate surface area is 125 Å². The van der Waals surface area contributed by atoms with E-state index in [1.807, 2.05) is 5.16 Å². The quantitative estimate of drug-likeness (QED) is 0.417. The molecule has 3 N–H and O–H groups in total. The van der Waals surface area contributed by atoms with Crippen LogP contribution in [0.15, 0.2) is 4.99 Å². The van der Waals surface area contributed by atoms with Gasteiger partial charge >= 0.3 is 0 Å². The van der Waals surface area contributed by atoms with Crippen LogP contribution in [-0.2, 0) is 19.1 Å². The van der Waals surface area contributed by atoms with Crippen LogP contribution in [0.3, 0.4) is 0 Å². The molecule has 0 aromatic carbocycles. The molecule has 0 aromatic rings. The number of rotatable bonds is 4. The number of hydrogen-bond donors (Lipinski definition) is 3. The molecule has 116 valence electrons. The van der Waals surface area contributed by atoms with E-state index in [0.717, 1.165) is 20.8 Å². The van der Waals surface area contributed by atoms with Crippen LogP contribution < -0.4 is 0 Å². The predicted molar refractivity (Wildman–Crippen MR) is 71.7 cm³/mol. The van der Waals surface area contributed by atoms with Crippen LogP contribution >= 0.6 is 12.2 Å². The fourth-order valence-electron chi connectivity index (χ4n) is 2.44. The maximum absolute atomic E-state index is 11.9. The smallest absolute Gasteiger partial charge is 0.209 e. The van der Waals surface area contributed by atoms with Crippen LogP contribution in [0, 0.1) is 0 Å². The fraction of sp³-hybridized carbons (Fsp3) is 0.667. The second kappa shape index (κ2) is 5.45. The summed E-state index contributed by atoms with van der Waals surface area (Å²) in [6.45, 7) is 1.72. The molecule has 0 radical (unpaired) electrons. The van der Waals surface area contributed by atoms with Crippen LogP contribution in [0.5, 0.6) is 0 Å². The molecular weight excluding hydrogens is 302 g/mol. The minimum absolute atomic E-state index is 0.825. The van der Waals surface area contributed by atoms with Gasteiger partial charge in [-0.25, -0.2) is 0 Å². The Morgan fingerprint density at radius 1 is 1.14 bits per heavy atom. The van der Waals surface area contributed by atoms with Crippen molar-refractivity contribution in [2.75, 3.05) is 6.61 Å². The molecule has 0 spiro atoms. The van der Waals surface area contributed by atoms with Crippen molar-refractivity contribution in [1.82, 2.24) is 0 Å². The number of ether oxygens (including phenoxy) is 1. The summed E-state index contributed by atoms with van der Waals surface area (Å²) >= 11 is 4.36. The lowest BCUT2D eigenvalue weighted by atomic mass is 9.63. The number of carbonyl (C=O) groups excluding carboxylic acids is 3. The zero-order chi connectivity index (χ0) is 16.6. The largest absolute Gasteiger partial charge is 0.376 e. The highest BCUT2D eigenvalue weighted by Gasteiger charge is 2.75. The first kappa shape index (κ1) is 17.7. The Morgan fingerprint density at radius 3 is 2.00 bits per heavy atom. The van der Waals surface area contributed by atoms with Crippen molar-refractivity contribution in [1.29, 1.82) is 0 Å². The third-order valence-corrected chi connectivity index (χ3v) is 3.86. The third-order valence-electron chi connectivity index (χ3n) is 3.76. The van der Waals surface area contributed by atoms with E-state index in [9.17, 15) is 29.7 Å². The van der Waals surface area contributed by atoms with Crippen LogP contribution in [0.25, 0.3) is 0 Å². The molecule has 1 aliphatic rings. The van der Waals surface area contributed by atoms with E-state index in [2.05, 4.69) is 17.2 Å². The molecule has 21 heavy (non-hydrogen) atoms. The molecule has 1 saturated heterocycles. The summed E-state index contributed by atoms with van der Waals surface area (Å²) in [5.74, 6) is -3.37. The highest BCUT2D eigenvalue weighted by Crippen LogP contribution is 2.43. The number of aliphatic hydroxyl groups is 3. The van der Waals surface area contributed by atoms with Crippen molar-refractivity contribution in [3.63, 3.8) is 0 Å². The lowest BCUT2D eigenvalue weighted by Gasteiger charge is -2.53. The molecular formula is C12H15NO7S. The molecule has 0 aliphatic carbocycles. The monoisotopic (exact) mass is 317 g/mol. The van der Waals surface area contributed by atoms with E-state index in [0.29, 0.717) is 0 Å². The maximum Gasteiger partial charge on any atom is 0.209 e. The van der Waals surface area contributed by atoms with Crippen molar-refractivity contribution in [2.24, 2.45) is 4.99 Å². The summed E-state index contributed by atoms with van der Waals surface area (Å²) < 4.78 is 4.97. The standard InChI is InChI=1S/C12H15NO7S/c1-6(14)10(17)4-20-9(13-5-21)11(18,7(2)15)12(10,19)8(3)16/h9,17-19H,4H2,1-3H3/t9-,10+,11+,12+/m1/s1. The molecule has 9 heteroatoms. The topological polar surface area (TPSA) is 133 Å². The highest BCUT2D eigenvalue weighted by molar-refractivity contribution is 7.78. The van der Waals surface area contributed by atoms with E-state index in [1.54, 1.807) is 0 Å². The molecule has 0 unspecified atom stereocenters. The van der Waals surface area contributed by atoms with Gasteiger partial charge in [-0.3, -0.25) is 14.4 Å². The molecule has 1 heterocycles. The zero-order valence-electron chi connectivity index (χ0n) is 11.6. The third kappa shape index (κ3) is 2.10. The average molecular weight is 317 g/mol. The second-order valence-corrected chi connectivity index (χ2v) is 5.07. The normalized spacial score (nSPS) is 39.2. The number of aliphatic imine (C=N–C) groups is 1. The predicted octanol–water partition coefficient (Wildman–Crippen LogP) is -1.59. The Balaban J connectivity index is 3.74. The Morgan fingerprint density at radius 2 is 1.67 bits per heavy atom. The highest BCUT2D eigenvalue weighted by atomic mass is 32.1. The first-order chi connectivity index (χ1) is 9.50. The van der Waals surface area contributed by atoms with Crippen molar-refractivity contribution >= 4 is 34.7 Å². The Bertz CT molecular complexity index is 558. The summed E-state index contributed by atoms with van der Waals surface area (Å²) in [6.07, 6.45) is -1.78. The molecule has 1 fully saturated rings. The van der Waals surface area contributed by atoms with Gasteiger partial charge in [0.15, 0.2) is 29.2 Å². The molecule has 0 bridgehead atoms. The Kier molecular flexibility index (Phi) is 4.59. The number of nitrogens with zero attached hydrogens (tertiary/aromatic N) is 1. The molecule has 0 amide bonds. The van der Waals surface area contributed by atoms with Gasteiger partial charge in [-0.15, -0.1) is 0 Å². The van der Waals surface area contributed by atoms with Crippen LogP contribution in [0.2, 0.25) is 0 Å². The maximum atomic E-state index is 11.9. The van der Waals surface area contributed by atoms with Crippen molar-refractivity contribution in [3.05, 3.63) is 0 Å². The summed E-state index contributed by atoms with van der Waals surface area (Å²) in [5.41, 5.74) is -8.91. The van der Waals surface area contributed by atoms with Gasteiger partial charge in [0.25, 0.3) is 0 Å². The van der Waals surface area contributed by atoms with Crippen molar-refractivity contribution in [2.45, 2.75) is 43.8 Å². The van der Waals surface area contributed by atoms with Gasteiger partial charge in [0.2, 0.25) is 11.2 Å². The first-order valence-corrected chi connectivity index (χ1v) is 6.29. The number of thiocarbonyl (C=S) groups is 1. The fourth-order valence-corrected chi connectivity index (χ4v) is 2.54.